The molecule has 0 radical (unpaired) electrons. The van der Waals surface area contributed by atoms with Gasteiger partial charge in [0.2, 0.25) is 0 Å². The smallest absolute Gasteiger partial charge is 0.306 e. The molecule has 0 bridgehead atoms. The van der Waals surface area contributed by atoms with E-state index in [2.05, 4.69) is 25.7 Å². The summed E-state index contributed by atoms with van der Waals surface area (Å²) in [6, 6.07) is 0.611. The Balaban J connectivity index is 2.22. The summed E-state index contributed by atoms with van der Waals surface area (Å²) in [5, 5.41) is 8.90. The number of hydrogen-bond donors (Lipinski definition) is 1. The molecule has 0 amide bonds. The molecule has 0 saturated carbocycles. The molecule has 0 aromatic heterocycles. The van der Waals surface area contributed by atoms with Crippen LogP contribution >= 0.6 is 0 Å². The Morgan fingerprint density at radius 2 is 1.81 bits per heavy atom. The van der Waals surface area contributed by atoms with Crippen molar-refractivity contribution in [3.05, 3.63) is 0 Å². The van der Waals surface area contributed by atoms with Gasteiger partial charge in [0.05, 0.1) is 5.92 Å². The molecule has 1 heterocycles. The van der Waals surface area contributed by atoms with Crippen molar-refractivity contribution < 1.29 is 9.90 Å². The summed E-state index contributed by atoms with van der Waals surface area (Å²) in [5.74, 6) is 0.282. The van der Waals surface area contributed by atoms with Crippen LogP contribution in [0, 0.1) is 17.8 Å². The van der Waals surface area contributed by atoms with Crippen LogP contribution in [0.2, 0.25) is 0 Å². The normalized spacial score (nSPS) is 21.8. The van der Waals surface area contributed by atoms with E-state index in [0.29, 0.717) is 12.0 Å². The quantitative estimate of drug-likeness (QED) is 0.757. The monoisotopic (exact) mass is 227 g/mol. The first-order chi connectivity index (χ1) is 7.41. The summed E-state index contributed by atoms with van der Waals surface area (Å²) < 4.78 is 0. The Morgan fingerprint density at radius 3 is 2.25 bits per heavy atom. The minimum atomic E-state index is -0.653. The van der Waals surface area contributed by atoms with Crippen molar-refractivity contribution in [2.45, 2.75) is 46.6 Å². The van der Waals surface area contributed by atoms with Gasteiger partial charge in [0.15, 0.2) is 0 Å². The molecule has 1 saturated heterocycles. The molecule has 0 aromatic rings. The lowest BCUT2D eigenvalue weighted by Gasteiger charge is -2.45. The third-order valence-electron chi connectivity index (χ3n) is 3.82. The fourth-order valence-corrected chi connectivity index (χ4v) is 2.18. The average Bonchev–Trinajstić information content (AvgIpc) is 2.11. The maximum absolute atomic E-state index is 10.8. The molecule has 2 atom stereocenters. The van der Waals surface area contributed by atoms with Gasteiger partial charge in [-0.15, -0.1) is 0 Å². The zero-order valence-corrected chi connectivity index (χ0v) is 10.9. The van der Waals surface area contributed by atoms with Gasteiger partial charge in [0.1, 0.15) is 0 Å². The molecule has 3 heteroatoms. The first-order valence-corrected chi connectivity index (χ1v) is 6.38. The Bertz CT molecular complexity index is 234. The summed E-state index contributed by atoms with van der Waals surface area (Å²) in [4.78, 5) is 13.2. The highest BCUT2D eigenvalue weighted by molar-refractivity contribution is 5.70. The van der Waals surface area contributed by atoms with Crippen molar-refractivity contribution in [1.82, 2.24) is 4.90 Å². The van der Waals surface area contributed by atoms with Crippen LogP contribution in [-0.4, -0.2) is 35.1 Å². The van der Waals surface area contributed by atoms with Gasteiger partial charge >= 0.3 is 5.97 Å². The van der Waals surface area contributed by atoms with E-state index in [-0.39, 0.29) is 5.92 Å². The van der Waals surface area contributed by atoms with E-state index >= 15 is 0 Å². The molecule has 1 rings (SSSR count). The van der Waals surface area contributed by atoms with E-state index in [1.165, 1.54) is 12.8 Å². The molecule has 0 aliphatic carbocycles. The van der Waals surface area contributed by atoms with E-state index in [0.717, 1.165) is 19.0 Å². The van der Waals surface area contributed by atoms with E-state index in [1.807, 2.05) is 6.92 Å². The van der Waals surface area contributed by atoms with E-state index in [9.17, 15) is 4.79 Å². The number of likely N-dealkylation sites (tertiary alicyclic amines) is 1. The van der Waals surface area contributed by atoms with E-state index < -0.39 is 5.97 Å². The fraction of sp³-hybridized carbons (Fsp3) is 0.923. The second-order valence-corrected chi connectivity index (χ2v) is 5.66. The van der Waals surface area contributed by atoms with Gasteiger partial charge < -0.3 is 5.11 Å². The minimum Gasteiger partial charge on any atom is -0.481 e. The third-order valence-corrected chi connectivity index (χ3v) is 3.82. The van der Waals surface area contributed by atoms with Crippen molar-refractivity contribution in [2.75, 3.05) is 13.1 Å². The summed E-state index contributed by atoms with van der Waals surface area (Å²) >= 11 is 0. The van der Waals surface area contributed by atoms with Crippen LogP contribution in [0.1, 0.15) is 40.5 Å². The molecular weight excluding hydrogens is 202 g/mol. The van der Waals surface area contributed by atoms with Crippen LogP contribution in [0.3, 0.4) is 0 Å². The van der Waals surface area contributed by atoms with Crippen molar-refractivity contribution in [3.8, 4) is 0 Å². The second-order valence-electron chi connectivity index (χ2n) is 5.66. The van der Waals surface area contributed by atoms with Crippen LogP contribution in [-0.2, 0) is 4.79 Å². The van der Waals surface area contributed by atoms with Crippen molar-refractivity contribution in [2.24, 2.45) is 17.8 Å². The summed E-state index contributed by atoms with van der Waals surface area (Å²) in [6.07, 6.45) is 2.49. The molecule has 0 aromatic carbocycles. The summed E-state index contributed by atoms with van der Waals surface area (Å²) in [7, 11) is 0. The van der Waals surface area contributed by atoms with Gasteiger partial charge in [0.25, 0.3) is 0 Å². The molecule has 0 spiro atoms. The van der Waals surface area contributed by atoms with Crippen LogP contribution < -0.4 is 0 Å². The molecule has 1 aliphatic rings. The molecule has 3 nitrogen and oxygen atoms in total. The molecule has 2 unspecified atom stereocenters. The number of aliphatic carboxylic acids is 1. The van der Waals surface area contributed by atoms with E-state index in [4.69, 9.17) is 5.11 Å². The highest BCUT2D eigenvalue weighted by Crippen LogP contribution is 2.27. The van der Waals surface area contributed by atoms with Crippen LogP contribution in [0.25, 0.3) is 0 Å². The highest BCUT2D eigenvalue weighted by atomic mass is 16.4. The van der Waals surface area contributed by atoms with Gasteiger partial charge in [-0.25, -0.2) is 0 Å². The summed E-state index contributed by atoms with van der Waals surface area (Å²) in [5.41, 5.74) is 0. The molecule has 16 heavy (non-hydrogen) atoms. The first kappa shape index (κ1) is 13.5. The fourth-order valence-electron chi connectivity index (χ4n) is 2.18. The zero-order valence-electron chi connectivity index (χ0n) is 10.9. The number of hydrogen-bond acceptors (Lipinski definition) is 2. The predicted molar refractivity (Wildman–Crippen MR) is 65.4 cm³/mol. The van der Waals surface area contributed by atoms with Crippen LogP contribution in [0.5, 0.6) is 0 Å². The molecular formula is C13H25NO2. The number of carboxylic acid groups (broad SMARTS) is 1. The van der Waals surface area contributed by atoms with Crippen molar-refractivity contribution in [1.29, 1.82) is 0 Å². The van der Waals surface area contributed by atoms with E-state index in [1.54, 1.807) is 0 Å². The van der Waals surface area contributed by atoms with Gasteiger partial charge in [-0.2, -0.15) is 0 Å². The lowest BCUT2D eigenvalue weighted by Crippen LogP contribution is -2.54. The maximum Gasteiger partial charge on any atom is 0.306 e. The molecule has 1 fully saturated rings. The van der Waals surface area contributed by atoms with Gasteiger partial charge in [-0.3, -0.25) is 9.69 Å². The predicted octanol–water partition coefficient (Wildman–Crippen LogP) is 2.46. The SMILES string of the molecule is CC(C)CCC(C)N1CC(C(C)C(=O)O)C1. The van der Waals surface area contributed by atoms with Crippen molar-refractivity contribution in [3.63, 3.8) is 0 Å². The molecule has 94 valence electrons. The highest BCUT2D eigenvalue weighted by Gasteiger charge is 2.36. The number of rotatable bonds is 6. The number of nitrogens with zero attached hydrogens (tertiary/aromatic N) is 1. The summed E-state index contributed by atoms with van der Waals surface area (Å²) in [6.45, 7) is 10.5. The van der Waals surface area contributed by atoms with Gasteiger partial charge in [0, 0.05) is 19.1 Å². The Kier molecular flexibility index (Phi) is 4.78. The Morgan fingerprint density at radius 1 is 1.25 bits per heavy atom. The Labute approximate surface area is 98.8 Å². The zero-order chi connectivity index (χ0) is 12.3. The topological polar surface area (TPSA) is 40.5 Å². The molecule has 1 aliphatic heterocycles. The van der Waals surface area contributed by atoms with Crippen molar-refractivity contribution >= 4 is 5.97 Å². The van der Waals surface area contributed by atoms with Gasteiger partial charge in [-0.1, -0.05) is 20.8 Å². The first-order valence-electron chi connectivity index (χ1n) is 6.38. The molecule has 1 N–H and O–H groups in total. The largest absolute Gasteiger partial charge is 0.481 e. The standard InChI is InChI=1S/C13H25NO2/c1-9(2)5-6-10(3)14-7-12(8-14)11(4)13(15)16/h9-12H,5-8H2,1-4H3,(H,15,16). The van der Waals surface area contributed by atoms with Crippen LogP contribution in [0.15, 0.2) is 0 Å². The maximum atomic E-state index is 10.8. The average molecular weight is 227 g/mol. The lowest BCUT2D eigenvalue weighted by atomic mass is 9.85. The second kappa shape index (κ2) is 5.67. The number of carboxylic acids is 1. The minimum absolute atomic E-state index is 0.187. The lowest BCUT2D eigenvalue weighted by molar-refractivity contribution is -0.146. The van der Waals surface area contributed by atoms with Crippen LogP contribution in [0.4, 0.5) is 0 Å². The Hall–Kier alpha value is -0.570. The third kappa shape index (κ3) is 3.48. The number of carbonyl (C=O) groups is 1. The van der Waals surface area contributed by atoms with Gasteiger partial charge in [-0.05, 0) is 31.6 Å².